The lowest BCUT2D eigenvalue weighted by Gasteiger charge is -2.16. The molecular weight excluding hydrogens is 396 g/mol. The molecule has 0 aliphatic carbocycles. The Labute approximate surface area is 193 Å². The Morgan fingerprint density at radius 1 is 0.906 bits per heavy atom. The van der Waals surface area contributed by atoms with Crippen molar-refractivity contribution in [2.24, 2.45) is 0 Å². The predicted molar refractivity (Wildman–Crippen MR) is 134 cm³/mol. The Hall–Kier alpha value is -2.59. The number of pyridine rings is 1. The number of fused-ring (bicyclic) bond motifs is 1. The number of methoxy groups -OCH3 is 1. The second kappa shape index (κ2) is 13.1. The topological polar surface area (TPSA) is 34.6 Å². The number of nitrogens with zero attached hydrogens (tertiary/aromatic N) is 2. The highest BCUT2D eigenvalue weighted by Gasteiger charge is 2.08. The van der Waals surface area contributed by atoms with Crippen LogP contribution < -0.4 is 9.47 Å². The smallest absolute Gasteiger partial charge is 0.130 e. The van der Waals surface area contributed by atoms with Crippen molar-refractivity contribution in [3.63, 3.8) is 0 Å². The molecule has 172 valence electrons. The van der Waals surface area contributed by atoms with Crippen LogP contribution in [0.15, 0.2) is 54.6 Å². The molecule has 0 saturated carbocycles. The fourth-order valence-electron chi connectivity index (χ4n) is 3.97. The largest absolute Gasteiger partial charge is 0.496 e. The maximum atomic E-state index is 6.02. The van der Waals surface area contributed by atoms with E-state index in [0.717, 1.165) is 67.1 Å². The van der Waals surface area contributed by atoms with Gasteiger partial charge in [-0.25, -0.2) is 0 Å². The van der Waals surface area contributed by atoms with Crippen LogP contribution in [0.4, 0.5) is 0 Å². The van der Waals surface area contributed by atoms with Crippen molar-refractivity contribution in [3.05, 3.63) is 65.9 Å². The molecular formula is C28H38N2O2. The maximum absolute atomic E-state index is 6.02. The van der Waals surface area contributed by atoms with Crippen LogP contribution in [0.5, 0.6) is 11.5 Å². The van der Waals surface area contributed by atoms with E-state index in [1.54, 1.807) is 7.11 Å². The van der Waals surface area contributed by atoms with Gasteiger partial charge in [-0.2, -0.15) is 0 Å². The zero-order valence-corrected chi connectivity index (χ0v) is 20.0. The van der Waals surface area contributed by atoms with E-state index < -0.39 is 0 Å². The Bertz CT molecular complexity index is 943. The van der Waals surface area contributed by atoms with Gasteiger partial charge in [0, 0.05) is 23.7 Å². The molecule has 0 aliphatic heterocycles. The van der Waals surface area contributed by atoms with Gasteiger partial charge in [0.15, 0.2) is 0 Å². The van der Waals surface area contributed by atoms with Gasteiger partial charge in [0.1, 0.15) is 11.5 Å². The Balaban J connectivity index is 1.38. The zero-order chi connectivity index (χ0) is 22.6. The van der Waals surface area contributed by atoms with Crippen LogP contribution in [0.1, 0.15) is 56.7 Å². The van der Waals surface area contributed by atoms with E-state index in [0.29, 0.717) is 0 Å². The summed E-state index contributed by atoms with van der Waals surface area (Å²) in [6.45, 7) is 5.10. The van der Waals surface area contributed by atoms with Crippen LogP contribution >= 0.6 is 0 Å². The van der Waals surface area contributed by atoms with Crippen molar-refractivity contribution in [2.75, 3.05) is 27.3 Å². The number of hydrogen-bond acceptors (Lipinski definition) is 4. The summed E-state index contributed by atoms with van der Waals surface area (Å²) in [5, 5.41) is 1.02. The van der Waals surface area contributed by atoms with E-state index in [-0.39, 0.29) is 0 Å². The predicted octanol–water partition coefficient (Wildman–Crippen LogP) is 6.66. The van der Waals surface area contributed by atoms with E-state index in [1.165, 1.54) is 31.2 Å². The molecule has 1 heterocycles. The second-order valence-corrected chi connectivity index (χ2v) is 8.58. The summed E-state index contributed by atoms with van der Waals surface area (Å²) >= 11 is 0. The number of rotatable bonds is 14. The molecule has 3 aromatic rings. The highest BCUT2D eigenvalue weighted by molar-refractivity contribution is 5.86. The van der Waals surface area contributed by atoms with Crippen molar-refractivity contribution >= 4 is 10.9 Å². The van der Waals surface area contributed by atoms with Crippen molar-refractivity contribution in [1.29, 1.82) is 0 Å². The van der Waals surface area contributed by atoms with Crippen molar-refractivity contribution in [1.82, 2.24) is 9.88 Å². The number of hydrogen-bond donors (Lipinski definition) is 0. The zero-order valence-electron chi connectivity index (χ0n) is 20.0. The van der Waals surface area contributed by atoms with Crippen LogP contribution in [0.3, 0.4) is 0 Å². The average molecular weight is 435 g/mol. The number of unbranched alkanes of at least 4 members (excludes halogenated alkanes) is 4. The monoisotopic (exact) mass is 434 g/mol. The Morgan fingerprint density at radius 2 is 1.72 bits per heavy atom. The van der Waals surface area contributed by atoms with Crippen molar-refractivity contribution in [2.45, 2.75) is 58.4 Å². The molecule has 0 aliphatic rings. The molecule has 0 spiro atoms. The molecule has 0 bridgehead atoms. The fraction of sp³-hybridized carbons (Fsp3) is 0.464. The summed E-state index contributed by atoms with van der Waals surface area (Å²) in [6.07, 6.45) is 8.03. The molecule has 1 aromatic heterocycles. The third-order valence-electron chi connectivity index (χ3n) is 5.80. The minimum absolute atomic E-state index is 0.746. The molecule has 2 aromatic carbocycles. The van der Waals surface area contributed by atoms with Crippen molar-refractivity contribution < 1.29 is 9.47 Å². The molecule has 0 unspecified atom stereocenters. The highest BCUT2D eigenvalue weighted by atomic mass is 16.5. The first-order valence-corrected chi connectivity index (χ1v) is 12.0. The molecule has 3 rings (SSSR count). The van der Waals surface area contributed by atoms with Gasteiger partial charge in [-0.3, -0.25) is 4.98 Å². The molecule has 4 nitrogen and oxygen atoms in total. The third kappa shape index (κ3) is 7.52. The van der Waals surface area contributed by atoms with Crippen molar-refractivity contribution in [3.8, 4) is 11.5 Å². The minimum atomic E-state index is 0.746. The van der Waals surface area contributed by atoms with Gasteiger partial charge in [0.2, 0.25) is 0 Å². The number of ether oxygens (including phenoxy) is 2. The van der Waals surface area contributed by atoms with E-state index in [9.17, 15) is 0 Å². The SMILES string of the molecule is CCCCc1cc(OC)c2cc(OCCCCCCN(C)Cc3ccccc3)ccc2n1. The molecule has 0 radical (unpaired) electrons. The van der Waals surface area contributed by atoms with Crippen LogP contribution in [0.25, 0.3) is 10.9 Å². The highest BCUT2D eigenvalue weighted by Crippen LogP contribution is 2.29. The normalized spacial score (nSPS) is 11.2. The maximum Gasteiger partial charge on any atom is 0.130 e. The standard InChI is InChI=1S/C28H38N2O2/c1-4-5-15-24-20-28(31-3)26-21-25(16-17-27(26)29-24)32-19-12-7-6-11-18-30(2)22-23-13-9-8-10-14-23/h8-10,13-14,16-17,20-21H,4-7,11-12,15,18-19,22H2,1-3H3. The van der Waals surface area contributed by atoms with E-state index in [2.05, 4.69) is 61.3 Å². The van der Waals surface area contributed by atoms with Crippen LogP contribution in [0.2, 0.25) is 0 Å². The van der Waals surface area contributed by atoms with Gasteiger partial charge in [-0.1, -0.05) is 56.5 Å². The Kier molecular flexibility index (Phi) is 9.83. The van der Waals surface area contributed by atoms with E-state index in [1.807, 2.05) is 12.1 Å². The first kappa shape index (κ1) is 24.1. The number of benzene rings is 2. The van der Waals surface area contributed by atoms with Crippen LogP contribution in [-0.4, -0.2) is 37.2 Å². The van der Waals surface area contributed by atoms with Gasteiger partial charge in [-0.15, -0.1) is 0 Å². The lowest BCUT2D eigenvalue weighted by atomic mass is 10.1. The first-order chi connectivity index (χ1) is 15.7. The molecule has 4 heteroatoms. The quantitative estimate of drug-likeness (QED) is 0.266. The van der Waals surface area contributed by atoms with Gasteiger partial charge in [0.05, 0.1) is 19.2 Å². The molecule has 0 fully saturated rings. The first-order valence-electron chi connectivity index (χ1n) is 12.0. The molecule has 0 atom stereocenters. The molecule has 0 N–H and O–H groups in total. The summed E-state index contributed by atoms with van der Waals surface area (Å²) in [6, 6.07) is 18.9. The third-order valence-corrected chi connectivity index (χ3v) is 5.80. The summed E-state index contributed by atoms with van der Waals surface area (Å²) in [5.41, 5.74) is 3.45. The molecule has 0 amide bonds. The molecule has 0 saturated heterocycles. The fourth-order valence-corrected chi connectivity index (χ4v) is 3.97. The van der Waals surface area contributed by atoms with Gasteiger partial charge in [0.25, 0.3) is 0 Å². The summed E-state index contributed by atoms with van der Waals surface area (Å²) in [4.78, 5) is 7.19. The van der Waals surface area contributed by atoms with Crippen LogP contribution in [-0.2, 0) is 13.0 Å². The van der Waals surface area contributed by atoms with E-state index >= 15 is 0 Å². The lowest BCUT2D eigenvalue weighted by Crippen LogP contribution is -2.19. The van der Waals surface area contributed by atoms with Gasteiger partial charge in [-0.05, 0) is 63.0 Å². The van der Waals surface area contributed by atoms with Gasteiger partial charge < -0.3 is 14.4 Å². The summed E-state index contributed by atoms with van der Waals surface area (Å²) < 4.78 is 11.7. The average Bonchev–Trinajstić information content (AvgIpc) is 2.82. The minimum Gasteiger partial charge on any atom is -0.496 e. The number of aryl methyl sites for hydroxylation is 1. The lowest BCUT2D eigenvalue weighted by molar-refractivity contribution is 0.294. The summed E-state index contributed by atoms with van der Waals surface area (Å²) in [5.74, 6) is 1.77. The molecule has 32 heavy (non-hydrogen) atoms. The number of aromatic nitrogens is 1. The van der Waals surface area contributed by atoms with Crippen LogP contribution in [0, 0.1) is 0 Å². The summed E-state index contributed by atoms with van der Waals surface area (Å²) in [7, 11) is 3.93. The Morgan fingerprint density at radius 3 is 2.50 bits per heavy atom. The van der Waals surface area contributed by atoms with Gasteiger partial charge >= 0.3 is 0 Å². The van der Waals surface area contributed by atoms with E-state index in [4.69, 9.17) is 14.5 Å². The second-order valence-electron chi connectivity index (χ2n) is 8.58.